The van der Waals surface area contributed by atoms with E-state index in [1.54, 1.807) is 6.08 Å². The zero-order valence-corrected chi connectivity index (χ0v) is 11.6. The second kappa shape index (κ2) is 8.86. The molecule has 0 amide bonds. The molecule has 3 heteroatoms. The summed E-state index contributed by atoms with van der Waals surface area (Å²) in [6.45, 7) is 2.11. The van der Waals surface area contributed by atoms with Gasteiger partial charge in [-0.15, -0.1) is 0 Å². The molecule has 1 aromatic rings. The van der Waals surface area contributed by atoms with E-state index >= 15 is 0 Å². The van der Waals surface area contributed by atoms with Crippen molar-refractivity contribution in [3.8, 4) is 0 Å². The Morgan fingerprint density at radius 2 is 1.84 bits per heavy atom. The first-order valence-corrected chi connectivity index (χ1v) is 7.00. The van der Waals surface area contributed by atoms with Crippen LogP contribution in [-0.2, 0) is 0 Å². The van der Waals surface area contributed by atoms with Gasteiger partial charge in [0.1, 0.15) is 0 Å². The van der Waals surface area contributed by atoms with E-state index in [1.807, 2.05) is 36.4 Å². The third-order valence-electron chi connectivity index (χ3n) is 3.20. The lowest BCUT2D eigenvalue weighted by atomic mass is 10.00. The van der Waals surface area contributed by atoms with Gasteiger partial charge in [0.2, 0.25) is 0 Å². The van der Waals surface area contributed by atoms with Gasteiger partial charge in [-0.25, -0.2) is 0 Å². The monoisotopic (exact) mass is 263 g/mol. The molecule has 3 atom stereocenters. The van der Waals surface area contributed by atoms with Gasteiger partial charge in [-0.3, -0.25) is 0 Å². The molecule has 0 unspecified atom stereocenters. The SMILES string of the molecule is CCCCC[C@H](O)[C@H](O)[C@H](N)/C=C/c1ccccc1. The number of aliphatic hydroxyl groups excluding tert-OH is 2. The van der Waals surface area contributed by atoms with Crippen molar-refractivity contribution >= 4 is 6.08 Å². The first-order valence-electron chi connectivity index (χ1n) is 7.00. The number of hydrogen-bond donors (Lipinski definition) is 3. The molecule has 1 rings (SSSR count). The summed E-state index contributed by atoms with van der Waals surface area (Å²) in [5.74, 6) is 0. The molecular formula is C16H25NO2. The molecule has 3 nitrogen and oxygen atoms in total. The van der Waals surface area contributed by atoms with Crippen LogP contribution in [0.1, 0.15) is 38.2 Å². The minimum Gasteiger partial charge on any atom is -0.390 e. The first kappa shape index (κ1) is 15.9. The summed E-state index contributed by atoms with van der Waals surface area (Å²) in [6.07, 6.45) is 5.64. The van der Waals surface area contributed by atoms with Crippen LogP contribution < -0.4 is 5.73 Å². The van der Waals surface area contributed by atoms with Crippen LogP contribution in [0.4, 0.5) is 0 Å². The van der Waals surface area contributed by atoms with Gasteiger partial charge in [0.05, 0.1) is 18.2 Å². The molecule has 106 valence electrons. The molecule has 0 radical (unpaired) electrons. The second-order valence-electron chi connectivity index (χ2n) is 4.90. The lowest BCUT2D eigenvalue weighted by Gasteiger charge is -2.21. The molecule has 1 aromatic carbocycles. The zero-order chi connectivity index (χ0) is 14.1. The minimum absolute atomic E-state index is 0.545. The molecule has 0 spiro atoms. The summed E-state index contributed by atoms with van der Waals surface area (Å²) in [5.41, 5.74) is 6.91. The fraction of sp³-hybridized carbons (Fsp3) is 0.500. The predicted octanol–water partition coefficient (Wildman–Crippen LogP) is 2.33. The average Bonchev–Trinajstić information content (AvgIpc) is 2.45. The molecule has 0 heterocycles. The van der Waals surface area contributed by atoms with E-state index in [4.69, 9.17) is 5.73 Å². The van der Waals surface area contributed by atoms with Crippen molar-refractivity contribution in [3.05, 3.63) is 42.0 Å². The molecule has 0 fully saturated rings. The van der Waals surface area contributed by atoms with Gasteiger partial charge in [0, 0.05) is 0 Å². The van der Waals surface area contributed by atoms with Gasteiger partial charge < -0.3 is 15.9 Å². The molecule has 0 bridgehead atoms. The van der Waals surface area contributed by atoms with Crippen LogP contribution in [-0.4, -0.2) is 28.5 Å². The standard InChI is InChI=1S/C16H25NO2/c1-2-3-5-10-15(18)16(19)14(17)12-11-13-8-6-4-7-9-13/h4,6-9,11-12,14-16,18-19H,2-3,5,10,17H2,1H3/b12-11+/t14-,15+,16-/m1/s1. The molecule has 0 saturated carbocycles. The van der Waals surface area contributed by atoms with Crippen molar-refractivity contribution in [2.75, 3.05) is 0 Å². The van der Waals surface area contributed by atoms with Crippen molar-refractivity contribution in [2.24, 2.45) is 5.73 Å². The van der Waals surface area contributed by atoms with E-state index in [1.165, 1.54) is 0 Å². The Labute approximate surface area is 115 Å². The number of rotatable bonds is 8. The Morgan fingerprint density at radius 3 is 2.47 bits per heavy atom. The van der Waals surface area contributed by atoms with Gasteiger partial charge in [-0.2, -0.15) is 0 Å². The molecular weight excluding hydrogens is 238 g/mol. The Morgan fingerprint density at radius 1 is 1.16 bits per heavy atom. The number of benzene rings is 1. The third-order valence-corrected chi connectivity index (χ3v) is 3.20. The second-order valence-corrected chi connectivity index (χ2v) is 4.90. The van der Waals surface area contributed by atoms with Gasteiger partial charge in [0.25, 0.3) is 0 Å². The lowest BCUT2D eigenvalue weighted by molar-refractivity contribution is 0.00675. The van der Waals surface area contributed by atoms with Crippen molar-refractivity contribution < 1.29 is 10.2 Å². The predicted molar refractivity (Wildman–Crippen MR) is 79.6 cm³/mol. The quantitative estimate of drug-likeness (QED) is 0.631. The number of hydrogen-bond acceptors (Lipinski definition) is 3. The highest BCUT2D eigenvalue weighted by molar-refractivity contribution is 5.49. The van der Waals surface area contributed by atoms with Crippen molar-refractivity contribution in [1.82, 2.24) is 0 Å². The molecule has 4 N–H and O–H groups in total. The summed E-state index contributed by atoms with van der Waals surface area (Å²) < 4.78 is 0. The Bertz CT molecular complexity index is 364. The maximum Gasteiger partial charge on any atom is 0.0985 e. The van der Waals surface area contributed by atoms with Crippen molar-refractivity contribution in [1.29, 1.82) is 0 Å². The topological polar surface area (TPSA) is 66.5 Å². The molecule has 0 aliphatic carbocycles. The Kier molecular flexibility index (Phi) is 7.41. The van der Waals surface area contributed by atoms with Crippen LogP contribution in [0.15, 0.2) is 36.4 Å². The smallest absolute Gasteiger partial charge is 0.0985 e. The fourth-order valence-corrected chi connectivity index (χ4v) is 1.93. The summed E-state index contributed by atoms with van der Waals surface area (Å²) in [7, 11) is 0. The molecule has 19 heavy (non-hydrogen) atoms. The summed E-state index contributed by atoms with van der Waals surface area (Å²) in [6, 6.07) is 9.23. The Hall–Kier alpha value is -1.16. The van der Waals surface area contributed by atoms with Crippen LogP contribution in [0.5, 0.6) is 0 Å². The van der Waals surface area contributed by atoms with E-state index < -0.39 is 18.2 Å². The van der Waals surface area contributed by atoms with Gasteiger partial charge >= 0.3 is 0 Å². The summed E-state index contributed by atoms with van der Waals surface area (Å²) in [4.78, 5) is 0. The Balaban J connectivity index is 2.43. The van der Waals surface area contributed by atoms with Crippen molar-refractivity contribution in [3.63, 3.8) is 0 Å². The highest BCUT2D eigenvalue weighted by Crippen LogP contribution is 2.10. The normalized spacial score (nSPS) is 16.4. The highest BCUT2D eigenvalue weighted by atomic mass is 16.3. The molecule has 0 aliphatic rings. The lowest BCUT2D eigenvalue weighted by Crippen LogP contribution is -2.41. The van der Waals surface area contributed by atoms with E-state index in [0.29, 0.717) is 6.42 Å². The largest absolute Gasteiger partial charge is 0.390 e. The van der Waals surface area contributed by atoms with E-state index in [2.05, 4.69) is 6.92 Å². The van der Waals surface area contributed by atoms with Crippen LogP contribution in [0.2, 0.25) is 0 Å². The molecule has 0 aromatic heterocycles. The average molecular weight is 263 g/mol. The van der Waals surface area contributed by atoms with Gasteiger partial charge in [-0.05, 0) is 12.0 Å². The first-order chi connectivity index (χ1) is 9.15. The molecule has 0 aliphatic heterocycles. The maximum absolute atomic E-state index is 9.94. The minimum atomic E-state index is -0.906. The zero-order valence-electron chi connectivity index (χ0n) is 11.6. The third kappa shape index (κ3) is 6.01. The van der Waals surface area contributed by atoms with Crippen LogP contribution >= 0.6 is 0 Å². The van der Waals surface area contributed by atoms with Gasteiger partial charge in [-0.1, -0.05) is 68.7 Å². The van der Waals surface area contributed by atoms with Gasteiger partial charge in [0.15, 0.2) is 0 Å². The van der Waals surface area contributed by atoms with Crippen LogP contribution in [0, 0.1) is 0 Å². The molecule has 0 saturated heterocycles. The maximum atomic E-state index is 9.94. The fourth-order valence-electron chi connectivity index (χ4n) is 1.93. The number of aliphatic hydroxyl groups is 2. The number of unbranched alkanes of at least 4 members (excludes halogenated alkanes) is 2. The van der Waals surface area contributed by atoms with E-state index in [-0.39, 0.29) is 0 Å². The van der Waals surface area contributed by atoms with E-state index in [9.17, 15) is 10.2 Å². The summed E-state index contributed by atoms with van der Waals surface area (Å²) in [5, 5.41) is 19.8. The summed E-state index contributed by atoms with van der Waals surface area (Å²) >= 11 is 0. The van der Waals surface area contributed by atoms with Crippen LogP contribution in [0.3, 0.4) is 0 Å². The van der Waals surface area contributed by atoms with Crippen LogP contribution in [0.25, 0.3) is 6.08 Å². The number of nitrogens with two attached hydrogens (primary N) is 1. The van der Waals surface area contributed by atoms with Crippen molar-refractivity contribution in [2.45, 2.75) is 50.9 Å². The highest BCUT2D eigenvalue weighted by Gasteiger charge is 2.20. The van der Waals surface area contributed by atoms with E-state index in [0.717, 1.165) is 24.8 Å².